The third-order valence-electron chi connectivity index (χ3n) is 0.680. The Morgan fingerprint density at radius 2 is 2.25 bits per heavy atom. The minimum atomic E-state index is -0.127. The molecular formula is C5H8Cl2O. The molecule has 0 heterocycles. The highest BCUT2D eigenvalue weighted by Crippen LogP contribution is 2.03. The maximum absolute atomic E-state index is 8.16. The number of hydrogen-bond donors (Lipinski definition) is 1. The first-order valence-corrected chi connectivity index (χ1v) is 3.29. The van der Waals surface area contributed by atoms with Crippen LogP contribution in [0.25, 0.3) is 0 Å². The van der Waals surface area contributed by atoms with E-state index in [-0.39, 0.29) is 5.38 Å². The van der Waals surface area contributed by atoms with E-state index in [0.717, 1.165) is 6.26 Å². The second kappa shape index (κ2) is 5.26. The lowest BCUT2D eigenvalue weighted by Crippen LogP contribution is -1.92. The van der Waals surface area contributed by atoms with Gasteiger partial charge in [0.2, 0.25) is 0 Å². The van der Waals surface area contributed by atoms with Crippen molar-refractivity contribution in [3.05, 3.63) is 12.3 Å². The van der Waals surface area contributed by atoms with E-state index >= 15 is 0 Å². The lowest BCUT2D eigenvalue weighted by molar-refractivity contribution is 0.471. The third kappa shape index (κ3) is 4.28. The maximum atomic E-state index is 8.16. The van der Waals surface area contributed by atoms with E-state index in [1.165, 1.54) is 6.08 Å². The van der Waals surface area contributed by atoms with Gasteiger partial charge in [0.25, 0.3) is 0 Å². The zero-order chi connectivity index (χ0) is 6.41. The summed E-state index contributed by atoms with van der Waals surface area (Å²) in [5.41, 5.74) is 0. The molecule has 0 rings (SSSR count). The van der Waals surface area contributed by atoms with Crippen molar-refractivity contribution < 1.29 is 5.11 Å². The maximum Gasteiger partial charge on any atom is 0.0766 e. The third-order valence-corrected chi connectivity index (χ3v) is 1.26. The van der Waals surface area contributed by atoms with Crippen molar-refractivity contribution in [1.29, 1.82) is 0 Å². The first-order chi connectivity index (χ1) is 3.81. The number of alkyl halides is 2. The van der Waals surface area contributed by atoms with Gasteiger partial charge in [-0.2, -0.15) is 0 Å². The van der Waals surface area contributed by atoms with Crippen LogP contribution in [-0.4, -0.2) is 16.4 Å². The first-order valence-electron chi connectivity index (χ1n) is 2.32. The van der Waals surface area contributed by atoms with E-state index in [4.69, 9.17) is 28.3 Å². The Bertz CT molecular complexity index is 72.8. The molecule has 0 spiro atoms. The summed E-state index contributed by atoms with van der Waals surface area (Å²) in [6, 6.07) is 0. The Kier molecular flexibility index (Phi) is 5.34. The molecule has 1 nitrogen and oxygen atoms in total. The quantitative estimate of drug-likeness (QED) is 0.489. The van der Waals surface area contributed by atoms with Crippen LogP contribution in [0, 0.1) is 0 Å². The van der Waals surface area contributed by atoms with Gasteiger partial charge in [0.05, 0.1) is 11.6 Å². The lowest BCUT2D eigenvalue weighted by Gasteiger charge is -1.95. The molecule has 1 N–H and O–H groups in total. The number of hydrogen-bond acceptors (Lipinski definition) is 1. The minimum absolute atomic E-state index is 0.127. The fourth-order valence-electron chi connectivity index (χ4n) is 0.294. The van der Waals surface area contributed by atoms with Crippen molar-refractivity contribution in [3.8, 4) is 0 Å². The molecule has 0 bridgehead atoms. The molecule has 0 saturated heterocycles. The molecule has 0 aliphatic carbocycles. The van der Waals surface area contributed by atoms with Gasteiger partial charge in [-0.15, -0.1) is 23.2 Å². The standard InChI is InChI=1S/C5H8Cl2O/c6-3-1-5(7)2-4-8/h2,4-5,8H,1,3H2. The largest absolute Gasteiger partial charge is 0.516 e. The molecule has 1 unspecified atom stereocenters. The average Bonchev–Trinajstić information content (AvgIpc) is 1.68. The topological polar surface area (TPSA) is 20.2 Å². The molecule has 0 radical (unpaired) electrons. The molecular weight excluding hydrogens is 147 g/mol. The van der Waals surface area contributed by atoms with Gasteiger partial charge in [0.15, 0.2) is 0 Å². The van der Waals surface area contributed by atoms with Gasteiger partial charge in [-0.05, 0) is 12.5 Å². The van der Waals surface area contributed by atoms with Crippen LogP contribution in [0.15, 0.2) is 12.3 Å². The lowest BCUT2D eigenvalue weighted by atomic mass is 10.3. The number of halogens is 2. The fourth-order valence-corrected chi connectivity index (χ4v) is 0.815. The monoisotopic (exact) mass is 154 g/mol. The Hall–Kier alpha value is 0.120. The van der Waals surface area contributed by atoms with E-state index in [1.54, 1.807) is 0 Å². The predicted octanol–water partition coefficient (Wildman–Crippen LogP) is 2.29. The summed E-state index contributed by atoms with van der Waals surface area (Å²) in [6.07, 6.45) is 3.12. The van der Waals surface area contributed by atoms with Crippen LogP contribution < -0.4 is 0 Å². The molecule has 3 heteroatoms. The van der Waals surface area contributed by atoms with Crippen LogP contribution in [0.5, 0.6) is 0 Å². The second-order valence-electron chi connectivity index (χ2n) is 1.34. The van der Waals surface area contributed by atoms with Crippen molar-refractivity contribution in [2.24, 2.45) is 0 Å². The summed E-state index contributed by atoms with van der Waals surface area (Å²) in [4.78, 5) is 0. The zero-order valence-electron chi connectivity index (χ0n) is 4.35. The summed E-state index contributed by atoms with van der Waals surface area (Å²) in [5.74, 6) is 0.526. The summed E-state index contributed by atoms with van der Waals surface area (Å²) >= 11 is 10.9. The van der Waals surface area contributed by atoms with Gasteiger partial charge in [-0.3, -0.25) is 0 Å². The highest BCUT2D eigenvalue weighted by molar-refractivity contribution is 6.23. The van der Waals surface area contributed by atoms with Crippen LogP contribution >= 0.6 is 23.2 Å². The Labute approximate surface area is 58.9 Å². The van der Waals surface area contributed by atoms with Crippen LogP contribution in [0.4, 0.5) is 0 Å². The van der Waals surface area contributed by atoms with Gasteiger partial charge in [-0.25, -0.2) is 0 Å². The number of allylic oxidation sites excluding steroid dienone is 1. The second-order valence-corrected chi connectivity index (χ2v) is 2.27. The molecule has 0 fully saturated rings. The van der Waals surface area contributed by atoms with Crippen LogP contribution in [-0.2, 0) is 0 Å². The predicted molar refractivity (Wildman–Crippen MR) is 36.7 cm³/mol. The SMILES string of the molecule is OC=CC(Cl)CCCl. The molecule has 0 aromatic carbocycles. The molecule has 1 atom stereocenters. The fraction of sp³-hybridized carbons (Fsp3) is 0.600. The van der Waals surface area contributed by atoms with E-state index in [1.807, 2.05) is 0 Å². The van der Waals surface area contributed by atoms with Gasteiger partial charge >= 0.3 is 0 Å². The van der Waals surface area contributed by atoms with Crippen molar-refractivity contribution in [3.63, 3.8) is 0 Å². The van der Waals surface area contributed by atoms with Gasteiger partial charge < -0.3 is 5.11 Å². The molecule has 8 heavy (non-hydrogen) atoms. The molecule has 0 amide bonds. The molecule has 0 aromatic rings. The summed E-state index contributed by atoms with van der Waals surface area (Å²) < 4.78 is 0. The average molecular weight is 155 g/mol. The van der Waals surface area contributed by atoms with Crippen molar-refractivity contribution >= 4 is 23.2 Å². The molecule has 0 aliphatic heterocycles. The van der Waals surface area contributed by atoms with Gasteiger partial charge in [-0.1, -0.05) is 0 Å². The Morgan fingerprint density at radius 1 is 1.62 bits per heavy atom. The smallest absolute Gasteiger partial charge is 0.0766 e. The number of rotatable bonds is 3. The van der Waals surface area contributed by atoms with Crippen LogP contribution in [0.3, 0.4) is 0 Å². The normalized spacial score (nSPS) is 14.8. The highest BCUT2D eigenvalue weighted by Gasteiger charge is 1.95. The van der Waals surface area contributed by atoms with E-state index in [2.05, 4.69) is 0 Å². The molecule has 0 aromatic heterocycles. The minimum Gasteiger partial charge on any atom is -0.516 e. The zero-order valence-corrected chi connectivity index (χ0v) is 5.86. The molecule has 0 aliphatic rings. The van der Waals surface area contributed by atoms with Crippen molar-refractivity contribution in [2.45, 2.75) is 11.8 Å². The summed E-state index contributed by atoms with van der Waals surface area (Å²) in [7, 11) is 0. The number of aliphatic hydroxyl groups excluding tert-OH is 1. The molecule has 0 saturated carbocycles. The Balaban J connectivity index is 3.17. The summed E-state index contributed by atoms with van der Waals surface area (Å²) in [5, 5.41) is 8.03. The van der Waals surface area contributed by atoms with E-state index in [9.17, 15) is 0 Å². The van der Waals surface area contributed by atoms with E-state index < -0.39 is 0 Å². The summed E-state index contributed by atoms with van der Waals surface area (Å²) in [6.45, 7) is 0. The van der Waals surface area contributed by atoms with E-state index in [0.29, 0.717) is 12.3 Å². The molecule has 48 valence electrons. The first kappa shape index (κ1) is 8.12. The van der Waals surface area contributed by atoms with Gasteiger partial charge in [0.1, 0.15) is 0 Å². The van der Waals surface area contributed by atoms with Crippen LogP contribution in [0.2, 0.25) is 0 Å². The van der Waals surface area contributed by atoms with Crippen LogP contribution in [0.1, 0.15) is 6.42 Å². The van der Waals surface area contributed by atoms with Crippen molar-refractivity contribution in [2.75, 3.05) is 5.88 Å². The Morgan fingerprint density at radius 3 is 2.62 bits per heavy atom. The van der Waals surface area contributed by atoms with Crippen molar-refractivity contribution in [1.82, 2.24) is 0 Å². The number of aliphatic hydroxyl groups is 1. The van der Waals surface area contributed by atoms with Gasteiger partial charge in [0, 0.05) is 5.88 Å². The highest BCUT2D eigenvalue weighted by atomic mass is 35.5.